The number of amides is 1. The van der Waals surface area contributed by atoms with Crippen LogP contribution in [0, 0.1) is 0 Å². The number of piperidine rings is 1. The van der Waals surface area contributed by atoms with Crippen LogP contribution in [-0.4, -0.2) is 40.5 Å². The fraction of sp³-hybridized carbons (Fsp3) is 0.318. The number of halogens is 3. The normalized spacial score (nSPS) is 18.0. The van der Waals surface area contributed by atoms with Crippen LogP contribution in [0.25, 0.3) is 22.8 Å². The second-order valence-corrected chi connectivity index (χ2v) is 8.03. The molecule has 1 spiro atoms. The number of hydrogen-bond acceptors (Lipinski definition) is 4. The molecule has 2 aromatic heterocycles. The van der Waals surface area contributed by atoms with E-state index in [4.69, 9.17) is 0 Å². The van der Waals surface area contributed by atoms with Gasteiger partial charge in [-0.3, -0.25) is 4.79 Å². The molecule has 0 saturated carbocycles. The van der Waals surface area contributed by atoms with Gasteiger partial charge >= 0.3 is 6.18 Å². The van der Waals surface area contributed by atoms with Gasteiger partial charge in [-0.05, 0) is 50.2 Å². The van der Waals surface area contributed by atoms with E-state index in [0.29, 0.717) is 34.9 Å². The minimum atomic E-state index is -4.39. The zero-order chi connectivity index (χ0) is 21.6. The van der Waals surface area contributed by atoms with Crippen LogP contribution in [0.15, 0.2) is 42.6 Å². The summed E-state index contributed by atoms with van der Waals surface area (Å²) in [5, 5.41) is 6.36. The molecule has 6 nitrogen and oxygen atoms in total. The number of aromatic amines is 1. The number of carbonyl (C=O) groups excluding carboxylic acids is 1. The lowest BCUT2D eigenvalue weighted by molar-refractivity contribution is -0.137. The second-order valence-electron chi connectivity index (χ2n) is 8.03. The molecule has 160 valence electrons. The Morgan fingerprint density at radius 2 is 1.77 bits per heavy atom. The largest absolute Gasteiger partial charge is 0.416 e. The van der Waals surface area contributed by atoms with Crippen molar-refractivity contribution in [1.29, 1.82) is 0 Å². The molecule has 0 unspecified atom stereocenters. The van der Waals surface area contributed by atoms with E-state index < -0.39 is 11.7 Å². The minimum absolute atomic E-state index is 0.112. The number of rotatable bonds is 2. The molecule has 2 aliphatic heterocycles. The highest BCUT2D eigenvalue weighted by Gasteiger charge is 2.42. The maximum absolute atomic E-state index is 12.8. The summed E-state index contributed by atoms with van der Waals surface area (Å²) in [7, 11) is 0. The van der Waals surface area contributed by atoms with E-state index >= 15 is 0 Å². The summed E-state index contributed by atoms with van der Waals surface area (Å²) in [6.07, 6.45) is -0.993. The number of alkyl halides is 3. The SMILES string of the molecule is O=C1NCC2(CCNCC2)c2[nH]c(-c3ccnc(-c4ccc(C(F)(F)F)cc4)n3)cc21. The molecule has 0 atom stereocenters. The topological polar surface area (TPSA) is 82.7 Å². The monoisotopic (exact) mass is 427 g/mol. The highest BCUT2D eigenvalue weighted by Crippen LogP contribution is 2.39. The Hall–Kier alpha value is -3.20. The molecule has 3 N–H and O–H groups in total. The van der Waals surface area contributed by atoms with Crippen molar-refractivity contribution in [3.8, 4) is 22.8 Å². The van der Waals surface area contributed by atoms with Gasteiger partial charge in [0.2, 0.25) is 0 Å². The Bertz CT molecular complexity index is 1130. The van der Waals surface area contributed by atoms with E-state index in [1.807, 2.05) is 0 Å². The van der Waals surface area contributed by atoms with E-state index in [-0.39, 0.29) is 11.3 Å². The summed E-state index contributed by atoms with van der Waals surface area (Å²) in [6.45, 7) is 2.37. The van der Waals surface area contributed by atoms with Gasteiger partial charge in [-0.2, -0.15) is 13.2 Å². The Morgan fingerprint density at radius 1 is 1.03 bits per heavy atom. The molecular weight excluding hydrogens is 407 g/mol. The van der Waals surface area contributed by atoms with E-state index in [2.05, 4.69) is 25.6 Å². The number of fused-ring (bicyclic) bond motifs is 2. The zero-order valence-corrected chi connectivity index (χ0v) is 16.5. The average molecular weight is 427 g/mol. The number of hydrogen-bond donors (Lipinski definition) is 3. The van der Waals surface area contributed by atoms with Crippen LogP contribution >= 0.6 is 0 Å². The first-order valence-corrected chi connectivity index (χ1v) is 10.1. The molecule has 1 amide bonds. The van der Waals surface area contributed by atoms with Gasteiger partial charge in [-0.15, -0.1) is 0 Å². The van der Waals surface area contributed by atoms with Gasteiger partial charge in [0.05, 0.1) is 22.5 Å². The van der Waals surface area contributed by atoms with Crippen molar-refractivity contribution >= 4 is 5.91 Å². The van der Waals surface area contributed by atoms with Crippen molar-refractivity contribution in [3.05, 3.63) is 59.4 Å². The third-order valence-corrected chi connectivity index (χ3v) is 6.14. The molecule has 0 radical (unpaired) electrons. The lowest BCUT2D eigenvalue weighted by Gasteiger charge is -2.40. The standard InChI is InChI=1S/C22H20F3N5O/c23-22(24,25)14-3-1-13(2-4-14)19-27-8-5-16(30-19)17-11-15-18(29-17)21(12-28-20(15)31)6-9-26-10-7-21/h1-5,8,11,26,29H,6-7,9-10,12H2,(H,28,31). The molecule has 4 heterocycles. The van der Waals surface area contributed by atoms with Gasteiger partial charge in [0.1, 0.15) is 0 Å². The predicted molar refractivity (Wildman–Crippen MR) is 108 cm³/mol. The molecule has 1 saturated heterocycles. The molecule has 0 bridgehead atoms. The van der Waals surface area contributed by atoms with Crippen molar-refractivity contribution in [1.82, 2.24) is 25.6 Å². The molecule has 3 aromatic rings. The van der Waals surface area contributed by atoms with Gasteiger partial charge < -0.3 is 15.6 Å². The van der Waals surface area contributed by atoms with Gasteiger partial charge in [0.15, 0.2) is 5.82 Å². The molecular formula is C22H20F3N5O. The van der Waals surface area contributed by atoms with Crippen LogP contribution in [0.2, 0.25) is 0 Å². The quantitative estimate of drug-likeness (QED) is 0.585. The summed E-state index contributed by atoms with van der Waals surface area (Å²) in [4.78, 5) is 24.7. The maximum Gasteiger partial charge on any atom is 0.416 e. The average Bonchev–Trinajstić information content (AvgIpc) is 3.24. The van der Waals surface area contributed by atoms with Crippen LogP contribution in [0.4, 0.5) is 13.2 Å². The summed E-state index contributed by atoms with van der Waals surface area (Å²) in [5.41, 5.74) is 2.46. The summed E-state index contributed by atoms with van der Waals surface area (Å²) >= 11 is 0. The highest BCUT2D eigenvalue weighted by atomic mass is 19.4. The highest BCUT2D eigenvalue weighted by molar-refractivity contribution is 5.98. The Balaban J connectivity index is 1.51. The van der Waals surface area contributed by atoms with Gasteiger partial charge in [0.25, 0.3) is 5.91 Å². The lowest BCUT2D eigenvalue weighted by atomic mass is 9.73. The molecule has 2 aliphatic rings. The zero-order valence-electron chi connectivity index (χ0n) is 16.5. The fourth-order valence-electron chi connectivity index (χ4n) is 4.41. The smallest absolute Gasteiger partial charge is 0.356 e. The number of nitrogens with zero attached hydrogens (tertiary/aromatic N) is 2. The molecule has 1 aromatic carbocycles. The van der Waals surface area contributed by atoms with Crippen molar-refractivity contribution in [2.75, 3.05) is 19.6 Å². The lowest BCUT2D eigenvalue weighted by Crippen LogP contribution is -2.51. The summed E-state index contributed by atoms with van der Waals surface area (Å²) in [6, 6.07) is 8.27. The van der Waals surface area contributed by atoms with Gasteiger partial charge in [-0.1, -0.05) is 12.1 Å². The Morgan fingerprint density at radius 3 is 2.48 bits per heavy atom. The third-order valence-electron chi connectivity index (χ3n) is 6.14. The van der Waals surface area contributed by atoms with Crippen molar-refractivity contribution in [2.45, 2.75) is 24.4 Å². The van der Waals surface area contributed by atoms with Crippen LogP contribution in [0.1, 0.15) is 34.5 Å². The van der Waals surface area contributed by atoms with Gasteiger partial charge in [0, 0.05) is 29.4 Å². The first-order valence-electron chi connectivity index (χ1n) is 10.1. The van der Waals surface area contributed by atoms with Crippen molar-refractivity contribution in [3.63, 3.8) is 0 Å². The Kier molecular flexibility index (Phi) is 4.58. The molecule has 1 fully saturated rings. The van der Waals surface area contributed by atoms with Gasteiger partial charge in [-0.25, -0.2) is 9.97 Å². The van der Waals surface area contributed by atoms with Crippen LogP contribution < -0.4 is 10.6 Å². The van der Waals surface area contributed by atoms with Crippen LogP contribution in [0.5, 0.6) is 0 Å². The van der Waals surface area contributed by atoms with Crippen molar-refractivity contribution < 1.29 is 18.0 Å². The number of H-pyrrole nitrogens is 1. The van der Waals surface area contributed by atoms with E-state index in [1.54, 1.807) is 18.3 Å². The fourth-order valence-corrected chi connectivity index (χ4v) is 4.41. The predicted octanol–water partition coefficient (Wildman–Crippen LogP) is 3.52. The number of nitrogens with one attached hydrogen (secondary N) is 3. The number of carbonyl (C=O) groups is 1. The second kappa shape index (κ2) is 7.19. The number of aromatic nitrogens is 3. The van der Waals surface area contributed by atoms with Crippen LogP contribution in [0.3, 0.4) is 0 Å². The molecule has 9 heteroatoms. The minimum Gasteiger partial charge on any atom is -0.356 e. The summed E-state index contributed by atoms with van der Waals surface area (Å²) in [5.74, 6) is 0.207. The van der Waals surface area contributed by atoms with E-state index in [0.717, 1.165) is 43.8 Å². The van der Waals surface area contributed by atoms with Crippen molar-refractivity contribution in [2.24, 2.45) is 0 Å². The molecule has 31 heavy (non-hydrogen) atoms. The molecule has 0 aliphatic carbocycles. The Labute approximate surface area is 176 Å². The summed E-state index contributed by atoms with van der Waals surface area (Å²) < 4.78 is 38.5. The maximum atomic E-state index is 12.8. The van der Waals surface area contributed by atoms with E-state index in [1.165, 1.54) is 12.1 Å². The number of benzene rings is 1. The third kappa shape index (κ3) is 3.48. The first-order chi connectivity index (χ1) is 14.9. The first kappa shape index (κ1) is 19.7. The van der Waals surface area contributed by atoms with E-state index in [9.17, 15) is 18.0 Å². The molecule has 5 rings (SSSR count). The van der Waals surface area contributed by atoms with Crippen LogP contribution in [-0.2, 0) is 11.6 Å².